The summed E-state index contributed by atoms with van der Waals surface area (Å²) in [6.07, 6.45) is 0. The molecule has 11 heteroatoms. The van der Waals surface area contributed by atoms with Crippen molar-refractivity contribution in [2.75, 3.05) is 5.32 Å². The molecule has 3 aromatic carbocycles. The van der Waals surface area contributed by atoms with E-state index in [9.17, 15) is 9.59 Å². The molecule has 2 aromatic heterocycles. The number of hydrogen-bond donors (Lipinski definition) is 2. The van der Waals surface area contributed by atoms with Gasteiger partial charge in [0.05, 0.1) is 11.0 Å². The molecule has 34 heavy (non-hydrogen) atoms. The minimum atomic E-state index is -0.432. The molecule has 8 nitrogen and oxygen atoms in total. The maximum atomic E-state index is 12.8. The first-order chi connectivity index (χ1) is 16.4. The lowest BCUT2D eigenvalue weighted by Gasteiger charge is -2.06. The van der Waals surface area contributed by atoms with Gasteiger partial charge in [-0.25, -0.2) is 9.38 Å². The van der Waals surface area contributed by atoms with E-state index in [0.717, 1.165) is 0 Å². The fourth-order valence-electron chi connectivity index (χ4n) is 3.36. The smallest absolute Gasteiger partial charge is 0.258 e. The van der Waals surface area contributed by atoms with Crippen LogP contribution < -0.4 is 10.6 Å². The fourth-order valence-corrected chi connectivity index (χ4v) is 3.83. The predicted molar refractivity (Wildman–Crippen MR) is 135 cm³/mol. The van der Waals surface area contributed by atoms with Crippen molar-refractivity contribution in [3.8, 4) is 0 Å². The van der Waals surface area contributed by atoms with Crippen molar-refractivity contribution < 1.29 is 9.59 Å². The molecular formula is C23H14Cl2N6O2S. The van der Waals surface area contributed by atoms with Gasteiger partial charge >= 0.3 is 0 Å². The van der Waals surface area contributed by atoms with E-state index in [1.807, 2.05) is 24.3 Å². The summed E-state index contributed by atoms with van der Waals surface area (Å²) in [5.41, 5.74) is 2.15. The van der Waals surface area contributed by atoms with Crippen LogP contribution in [0.5, 0.6) is 0 Å². The van der Waals surface area contributed by atoms with Crippen LogP contribution in [0.2, 0.25) is 10.0 Å². The van der Waals surface area contributed by atoms with Crippen LogP contribution in [-0.2, 0) is 0 Å². The Morgan fingerprint density at radius 3 is 2.06 bits per heavy atom. The number of amides is 2. The molecule has 0 aliphatic heterocycles. The standard InChI is InChI=1S/C23H14Cl2N6O2S/c24-15-9-5-13(6-10-15)19(32)27-21-29-31(22-26-17-3-1-2-4-18(17)30(21)22)23(34)28-20(33)14-7-11-16(25)12-8-14/h1-12H,(H,27,29,32)(H,28,33,34). The Labute approximate surface area is 208 Å². The van der Waals surface area contributed by atoms with Gasteiger partial charge in [-0.15, -0.1) is 5.10 Å². The van der Waals surface area contributed by atoms with Crippen LogP contribution in [0.4, 0.5) is 5.95 Å². The van der Waals surface area contributed by atoms with Gasteiger partial charge < -0.3 is 0 Å². The van der Waals surface area contributed by atoms with E-state index in [4.69, 9.17) is 35.4 Å². The molecule has 0 fully saturated rings. The Balaban J connectivity index is 1.52. The van der Waals surface area contributed by atoms with Crippen molar-refractivity contribution in [3.63, 3.8) is 0 Å². The van der Waals surface area contributed by atoms with Gasteiger partial charge in [0.1, 0.15) is 0 Å². The van der Waals surface area contributed by atoms with Crippen molar-refractivity contribution >= 4 is 75.1 Å². The van der Waals surface area contributed by atoms with Crippen LogP contribution >= 0.6 is 35.4 Å². The highest BCUT2D eigenvalue weighted by molar-refractivity contribution is 7.80. The second-order valence-electron chi connectivity index (χ2n) is 7.20. The number of anilines is 1. The van der Waals surface area contributed by atoms with Gasteiger partial charge in [-0.3, -0.25) is 20.2 Å². The Kier molecular flexibility index (Phi) is 5.74. The number of fused-ring (bicyclic) bond motifs is 3. The fraction of sp³-hybridized carbons (Fsp3) is 0. The summed E-state index contributed by atoms with van der Waals surface area (Å²) in [5.74, 6) is -0.309. The van der Waals surface area contributed by atoms with Crippen LogP contribution in [0, 0.1) is 0 Å². The van der Waals surface area contributed by atoms with Crippen LogP contribution in [0.3, 0.4) is 0 Å². The normalized spacial score (nSPS) is 11.0. The minimum Gasteiger partial charge on any atom is -0.297 e. The third-order valence-corrected chi connectivity index (χ3v) is 5.77. The molecule has 0 aliphatic carbocycles. The molecule has 168 valence electrons. The molecule has 2 heterocycles. The van der Waals surface area contributed by atoms with Crippen LogP contribution in [0.25, 0.3) is 16.8 Å². The topological polar surface area (TPSA) is 93.3 Å². The first-order valence-electron chi connectivity index (χ1n) is 9.95. The summed E-state index contributed by atoms with van der Waals surface area (Å²) in [6, 6.07) is 20.2. The summed E-state index contributed by atoms with van der Waals surface area (Å²) in [6.45, 7) is 0. The molecule has 0 bridgehead atoms. The largest absolute Gasteiger partial charge is 0.297 e. The zero-order chi connectivity index (χ0) is 23.8. The van der Waals surface area contributed by atoms with E-state index in [2.05, 4.69) is 20.7 Å². The highest BCUT2D eigenvalue weighted by Crippen LogP contribution is 2.22. The maximum Gasteiger partial charge on any atom is 0.258 e. The number of carbonyl (C=O) groups excluding carboxylic acids is 2. The third kappa shape index (κ3) is 4.12. The number of halogens is 2. The van der Waals surface area contributed by atoms with Gasteiger partial charge in [-0.1, -0.05) is 35.3 Å². The van der Waals surface area contributed by atoms with E-state index in [1.165, 1.54) is 4.68 Å². The predicted octanol–water partition coefficient (Wildman–Crippen LogP) is 4.81. The number of hydrogen-bond acceptors (Lipinski definition) is 5. The minimum absolute atomic E-state index is 0.00718. The SMILES string of the molecule is O=C(NC(=S)n1nc(NC(=O)c2ccc(Cl)cc2)n2c3ccccc3nc12)c1ccc(Cl)cc1. The van der Waals surface area contributed by atoms with Crippen molar-refractivity contribution in [2.45, 2.75) is 0 Å². The van der Waals surface area contributed by atoms with Crippen LogP contribution in [0.15, 0.2) is 72.8 Å². The van der Waals surface area contributed by atoms with Crippen LogP contribution in [-0.4, -0.2) is 36.1 Å². The van der Waals surface area contributed by atoms with Gasteiger partial charge in [0.25, 0.3) is 11.8 Å². The molecule has 0 aliphatic rings. The van der Waals surface area contributed by atoms with Crippen molar-refractivity contribution in [2.24, 2.45) is 0 Å². The van der Waals surface area contributed by atoms with Gasteiger partial charge in [-0.2, -0.15) is 4.68 Å². The van der Waals surface area contributed by atoms with E-state index in [1.54, 1.807) is 52.9 Å². The van der Waals surface area contributed by atoms with Gasteiger partial charge in [0, 0.05) is 21.2 Å². The summed E-state index contributed by atoms with van der Waals surface area (Å²) in [7, 11) is 0. The highest BCUT2D eigenvalue weighted by atomic mass is 35.5. The molecule has 2 N–H and O–H groups in total. The van der Waals surface area contributed by atoms with E-state index >= 15 is 0 Å². The average Bonchev–Trinajstić information content (AvgIpc) is 3.37. The number of thiocarbonyl (C=S) groups is 1. The quantitative estimate of drug-likeness (QED) is 0.341. The molecule has 0 spiro atoms. The lowest BCUT2D eigenvalue weighted by molar-refractivity contribution is 0.0975. The van der Waals surface area contributed by atoms with Crippen LogP contribution in [0.1, 0.15) is 20.7 Å². The number of carbonyl (C=O) groups is 2. The maximum absolute atomic E-state index is 12.8. The highest BCUT2D eigenvalue weighted by Gasteiger charge is 2.21. The second-order valence-corrected chi connectivity index (χ2v) is 8.46. The van der Waals surface area contributed by atoms with E-state index in [0.29, 0.717) is 38.0 Å². The Bertz CT molecular complexity index is 1580. The third-order valence-electron chi connectivity index (χ3n) is 4.99. The molecule has 0 radical (unpaired) electrons. The Hall–Kier alpha value is -3.79. The molecule has 2 amide bonds. The first-order valence-corrected chi connectivity index (χ1v) is 11.1. The molecule has 5 rings (SSSR count). The Morgan fingerprint density at radius 2 is 1.41 bits per heavy atom. The average molecular weight is 509 g/mol. The molecule has 0 saturated carbocycles. The number of nitrogens with zero attached hydrogens (tertiary/aromatic N) is 4. The lowest BCUT2D eigenvalue weighted by Crippen LogP contribution is -2.34. The number of benzene rings is 3. The summed E-state index contributed by atoms with van der Waals surface area (Å²) >= 11 is 17.3. The van der Waals surface area contributed by atoms with Gasteiger partial charge in [0.15, 0.2) is 0 Å². The number of para-hydroxylation sites is 2. The lowest BCUT2D eigenvalue weighted by atomic mass is 10.2. The molecular weight excluding hydrogens is 495 g/mol. The number of imidazole rings is 1. The van der Waals surface area contributed by atoms with Crippen molar-refractivity contribution in [1.29, 1.82) is 0 Å². The summed E-state index contributed by atoms with van der Waals surface area (Å²) in [4.78, 5) is 30.1. The molecule has 0 atom stereocenters. The van der Waals surface area contributed by atoms with E-state index in [-0.39, 0.29) is 11.1 Å². The zero-order valence-electron chi connectivity index (χ0n) is 17.2. The first kappa shape index (κ1) is 22.0. The number of aromatic nitrogens is 4. The molecule has 5 aromatic rings. The molecule has 0 saturated heterocycles. The summed E-state index contributed by atoms with van der Waals surface area (Å²) in [5, 5.41) is 10.9. The van der Waals surface area contributed by atoms with Gasteiger partial charge in [-0.05, 0) is 72.9 Å². The monoisotopic (exact) mass is 508 g/mol. The summed E-state index contributed by atoms with van der Waals surface area (Å²) < 4.78 is 2.95. The zero-order valence-corrected chi connectivity index (χ0v) is 19.5. The van der Waals surface area contributed by atoms with Crippen molar-refractivity contribution in [1.82, 2.24) is 24.5 Å². The van der Waals surface area contributed by atoms with Crippen molar-refractivity contribution in [3.05, 3.63) is 94.0 Å². The number of rotatable bonds is 3. The Morgan fingerprint density at radius 1 is 0.824 bits per heavy atom. The van der Waals surface area contributed by atoms with Gasteiger partial charge in [0.2, 0.25) is 16.8 Å². The van der Waals surface area contributed by atoms with E-state index < -0.39 is 11.8 Å². The second kappa shape index (κ2) is 8.86. The number of nitrogens with one attached hydrogen (secondary N) is 2. The molecule has 0 unspecified atom stereocenters.